The predicted octanol–water partition coefficient (Wildman–Crippen LogP) is 2.28. The summed E-state index contributed by atoms with van der Waals surface area (Å²) < 4.78 is 0. The van der Waals surface area contributed by atoms with E-state index in [1.165, 1.54) is 0 Å². The lowest BCUT2D eigenvalue weighted by molar-refractivity contribution is -0.555. The Kier molecular flexibility index (Phi) is 4.41. The van der Waals surface area contributed by atoms with Crippen molar-refractivity contribution in [2.24, 2.45) is 0 Å². The van der Waals surface area contributed by atoms with Crippen molar-refractivity contribution >= 4 is 33.9 Å². The van der Waals surface area contributed by atoms with Gasteiger partial charge in [-0.05, 0) is 30.3 Å². The summed E-state index contributed by atoms with van der Waals surface area (Å²) in [5.41, 5.74) is 4.19. The monoisotopic (exact) mass is 324 g/mol. The van der Waals surface area contributed by atoms with E-state index in [1.54, 1.807) is 24.7 Å². The Morgan fingerprint density at radius 2 is 2.04 bits per heavy atom. The third kappa shape index (κ3) is 3.26. The fourth-order valence-corrected chi connectivity index (χ4v) is 2.44. The summed E-state index contributed by atoms with van der Waals surface area (Å²) in [6.07, 6.45) is 7.01. The molecule has 0 unspecified atom stereocenters. The Balaban J connectivity index is 2.08. The lowest BCUT2D eigenvalue weighted by Crippen LogP contribution is -2.73. The third-order valence-electron chi connectivity index (χ3n) is 3.37. The fourth-order valence-electron chi connectivity index (χ4n) is 2.29. The van der Waals surface area contributed by atoms with Gasteiger partial charge in [-0.15, -0.1) is 0 Å². The van der Waals surface area contributed by atoms with Gasteiger partial charge in [0.2, 0.25) is 0 Å². The molecule has 3 aromatic heterocycles. The van der Waals surface area contributed by atoms with Gasteiger partial charge in [-0.2, -0.15) is 0 Å². The highest BCUT2D eigenvalue weighted by molar-refractivity contribution is 6.30. The van der Waals surface area contributed by atoms with Gasteiger partial charge >= 0.3 is 0 Å². The number of halogens is 1. The van der Waals surface area contributed by atoms with Gasteiger partial charge in [0, 0.05) is 29.7 Å². The molecule has 3 rings (SSSR count). The minimum atomic E-state index is 0.388. The summed E-state index contributed by atoms with van der Waals surface area (Å²) in [4.78, 5) is 12.8. The fraction of sp³-hybridized carbons (Fsp3) is 0.0588. The van der Waals surface area contributed by atoms with Gasteiger partial charge in [-0.3, -0.25) is 15.4 Å². The van der Waals surface area contributed by atoms with Crippen LogP contribution in [-0.2, 0) is 0 Å². The van der Waals surface area contributed by atoms with E-state index in [9.17, 15) is 0 Å². The van der Waals surface area contributed by atoms with Crippen molar-refractivity contribution in [3.8, 4) is 0 Å². The highest BCUT2D eigenvalue weighted by atomic mass is 35.5. The number of pyridine rings is 3. The summed E-state index contributed by atoms with van der Waals surface area (Å²) in [5.74, 6) is 0. The summed E-state index contributed by atoms with van der Waals surface area (Å²) in [6, 6.07) is 9.12. The van der Waals surface area contributed by atoms with Crippen LogP contribution in [0.1, 0.15) is 11.1 Å². The molecule has 0 fully saturated rings. The molecule has 0 bridgehead atoms. The van der Waals surface area contributed by atoms with Gasteiger partial charge in [0.1, 0.15) is 11.4 Å². The zero-order chi connectivity index (χ0) is 16.2. The average molecular weight is 325 g/mol. The van der Waals surface area contributed by atoms with E-state index in [1.807, 2.05) is 42.8 Å². The van der Waals surface area contributed by atoms with Crippen molar-refractivity contribution in [2.75, 3.05) is 7.05 Å². The Morgan fingerprint density at radius 3 is 2.78 bits per heavy atom. The van der Waals surface area contributed by atoms with Gasteiger partial charge in [-0.1, -0.05) is 11.6 Å². The molecule has 0 spiro atoms. The van der Waals surface area contributed by atoms with Crippen LogP contribution in [0.4, 0.5) is 0 Å². The van der Waals surface area contributed by atoms with E-state index in [-0.39, 0.29) is 0 Å². The SMILES string of the molecule is C[NH2+]/C=C(\C(=N)c1cccnc1)c1cnc2ccc(Cl)nc2c1. The largest absolute Gasteiger partial charge is 0.322 e. The van der Waals surface area contributed by atoms with E-state index in [0.29, 0.717) is 16.4 Å². The van der Waals surface area contributed by atoms with Crippen molar-refractivity contribution in [2.45, 2.75) is 0 Å². The molecule has 0 atom stereocenters. The standard InChI is InChI=1S/C17H14ClN5/c1-20-10-13(17(19)11-3-2-6-21-8-11)12-7-15-14(22-9-12)4-5-16(18)23-15/h2-10,19-20H,1H3/p+1/b13-10-,19-17?. The molecule has 0 aromatic carbocycles. The number of hydrogen-bond acceptors (Lipinski definition) is 4. The first-order valence-corrected chi connectivity index (χ1v) is 7.48. The van der Waals surface area contributed by atoms with Gasteiger partial charge in [-0.25, -0.2) is 4.98 Å². The second-order valence-electron chi connectivity index (χ2n) is 4.93. The minimum Gasteiger partial charge on any atom is -0.322 e. The van der Waals surface area contributed by atoms with Gasteiger partial charge in [0.15, 0.2) is 0 Å². The molecule has 6 heteroatoms. The minimum absolute atomic E-state index is 0.388. The summed E-state index contributed by atoms with van der Waals surface area (Å²) in [7, 11) is 1.92. The second kappa shape index (κ2) is 6.64. The van der Waals surface area contributed by atoms with Crippen LogP contribution in [0, 0.1) is 5.41 Å². The molecule has 0 aliphatic heterocycles. The number of rotatable bonds is 4. The van der Waals surface area contributed by atoms with E-state index in [0.717, 1.165) is 22.2 Å². The first-order chi connectivity index (χ1) is 11.2. The maximum atomic E-state index is 8.48. The summed E-state index contributed by atoms with van der Waals surface area (Å²) >= 11 is 5.96. The maximum absolute atomic E-state index is 8.48. The molecule has 114 valence electrons. The number of nitrogens with one attached hydrogen (secondary N) is 1. The van der Waals surface area contributed by atoms with Crippen LogP contribution in [0.15, 0.2) is 55.1 Å². The zero-order valence-corrected chi connectivity index (χ0v) is 13.2. The average Bonchev–Trinajstić information content (AvgIpc) is 2.59. The smallest absolute Gasteiger partial charge is 0.129 e. The molecule has 3 aromatic rings. The van der Waals surface area contributed by atoms with Gasteiger partial charge in [0.05, 0.1) is 29.4 Å². The number of aromatic nitrogens is 3. The van der Waals surface area contributed by atoms with Gasteiger partial charge in [0.25, 0.3) is 0 Å². The molecule has 0 radical (unpaired) electrons. The first kappa shape index (κ1) is 15.3. The van der Waals surface area contributed by atoms with Crippen LogP contribution in [0.2, 0.25) is 5.15 Å². The molecular weight excluding hydrogens is 310 g/mol. The lowest BCUT2D eigenvalue weighted by Gasteiger charge is -2.09. The van der Waals surface area contributed by atoms with Gasteiger partial charge < -0.3 is 5.32 Å². The number of nitrogens with two attached hydrogens (primary N) is 1. The first-order valence-electron chi connectivity index (χ1n) is 7.10. The molecule has 3 N–H and O–H groups in total. The third-order valence-corrected chi connectivity index (χ3v) is 3.58. The molecule has 5 nitrogen and oxygen atoms in total. The van der Waals surface area contributed by atoms with Crippen molar-refractivity contribution in [3.63, 3.8) is 0 Å². The Bertz CT molecular complexity index is 890. The van der Waals surface area contributed by atoms with Crippen LogP contribution in [0.25, 0.3) is 16.6 Å². The van der Waals surface area contributed by atoms with Crippen LogP contribution in [-0.4, -0.2) is 27.7 Å². The summed E-state index contributed by atoms with van der Waals surface area (Å²) in [5, 5.41) is 10.8. The molecular formula is C17H15ClN5+. The highest BCUT2D eigenvalue weighted by Gasteiger charge is 2.14. The topological polar surface area (TPSA) is 79.1 Å². The quantitative estimate of drug-likeness (QED) is 0.571. The van der Waals surface area contributed by atoms with Crippen LogP contribution < -0.4 is 5.32 Å². The second-order valence-corrected chi connectivity index (χ2v) is 5.31. The van der Waals surface area contributed by atoms with E-state index < -0.39 is 0 Å². The molecule has 3 heterocycles. The number of allylic oxidation sites excluding steroid dienone is 1. The van der Waals surface area contributed by atoms with Crippen molar-refractivity contribution in [3.05, 3.63) is 71.4 Å². The van der Waals surface area contributed by atoms with Crippen LogP contribution in [0.5, 0.6) is 0 Å². The predicted molar refractivity (Wildman–Crippen MR) is 91.4 cm³/mol. The summed E-state index contributed by atoms with van der Waals surface area (Å²) in [6.45, 7) is 0. The lowest BCUT2D eigenvalue weighted by atomic mass is 9.98. The number of quaternary nitrogens is 1. The number of hydrogen-bond donors (Lipinski definition) is 2. The number of fused-ring (bicyclic) bond motifs is 1. The van der Waals surface area contributed by atoms with Crippen molar-refractivity contribution < 1.29 is 5.32 Å². The molecule has 23 heavy (non-hydrogen) atoms. The van der Waals surface area contributed by atoms with E-state index in [4.69, 9.17) is 17.0 Å². The normalized spacial score (nSPS) is 11.7. The van der Waals surface area contributed by atoms with Crippen molar-refractivity contribution in [1.29, 1.82) is 5.41 Å². The zero-order valence-electron chi connectivity index (χ0n) is 12.5. The molecule has 0 aliphatic rings. The van der Waals surface area contributed by atoms with E-state index >= 15 is 0 Å². The van der Waals surface area contributed by atoms with Crippen LogP contribution >= 0.6 is 11.6 Å². The maximum Gasteiger partial charge on any atom is 0.129 e. The molecule has 0 saturated heterocycles. The highest BCUT2D eigenvalue weighted by Crippen LogP contribution is 2.22. The Hall–Kier alpha value is -2.63. The Morgan fingerprint density at radius 1 is 1.17 bits per heavy atom. The van der Waals surface area contributed by atoms with Crippen molar-refractivity contribution in [1.82, 2.24) is 15.0 Å². The number of nitrogens with zero attached hydrogens (tertiary/aromatic N) is 3. The molecule has 0 aliphatic carbocycles. The van der Waals surface area contributed by atoms with Crippen LogP contribution in [0.3, 0.4) is 0 Å². The molecule has 0 saturated carbocycles. The van der Waals surface area contributed by atoms with E-state index in [2.05, 4.69) is 15.0 Å². The Labute approximate surface area is 138 Å². The molecule has 0 amide bonds.